The van der Waals surface area contributed by atoms with Crippen LogP contribution in [0.1, 0.15) is 69.1 Å². The molecule has 2 rings (SSSR count). The molecular weight excluding hydrogens is 340 g/mol. The molecule has 0 aliphatic heterocycles. The van der Waals surface area contributed by atoms with E-state index in [0.29, 0.717) is 0 Å². The van der Waals surface area contributed by atoms with E-state index >= 15 is 0 Å². The molecule has 0 saturated carbocycles. The van der Waals surface area contributed by atoms with Gasteiger partial charge in [0.2, 0.25) is 0 Å². The SMILES string of the molecule is CCCCCCCOc1ccc(/C=C(\Cl)c2ccc(CCC)cc2)cc1. The van der Waals surface area contributed by atoms with E-state index in [9.17, 15) is 0 Å². The van der Waals surface area contributed by atoms with E-state index < -0.39 is 0 Å². The molecule has 26 heavy (non-hydrogen) atoms. The quantitative estimate of drug-likeness (QED) is 0.290. The van der Waals surface area contributed by atoms with Gasteiger partial charge < -0.3 is 4.74 Å². The van der Waals surface area contributed by atoms with Crippen molar-refractivity contribution in [1.29, 1.82) is 0 Å². The third-order valence-electron chi connectivity index (χ3n) is 4.46. The van der Waals surface area contributed by atoms with E-state index in [1.807, 2.05) is 18.2 Å². The molecule has 0 bridgehead atoms. The fourth-order valence-electron chi connectivity index (χ4n) is 2.90. The summed E-state index contributed by atoms with van der Waals surface area (Å²) in [6.45, 7) is 5.23. The van der Waals surface area contributed by atoms with Crippen molar-refractivity contribution in [2.24, 2.45) is 0 Å². The van der Waals surface area contributed by atoms with Gasteiger partial charge in [-0.3, -0.25) is 0 Å². The average Bonchev–Trinajstić information content (AvgIpc) is 2.66. The van der Waals surface area contributed by atoms with Crippen molar-refractivity contribution in [1.82, 2.24) is 0 Å². The second-order valence-electron chi connectivity index (χ2n) is 6.77. The normalized spacial score (nSPS) is 11.6. The fourth-order valence-corrected chi connectivity index (χ4v) is 3.16. The van der Waals surface area contributed by atoms with Crippen LogP contribution in [0.15, 0.2) is 48.5 Å². The molecule has 0 fully saturated rings. The van der Waals surface area contributed by atoms with Gasteiger partial charge >= 0.3 is 0 Å². The Morgan fingerprint density at radius 2 is 1.54 bits per heavy atom. The summed E-state index contributed by atoms with van der Waals surface area (Å²) in [6, 6.07) is 16.7. The maximum absolute atomic E-state index is 6.48. The molecular formula is C24H31ClO. The van der Waals surface area contributed by atoms with E-state index in [1.54, 1.807) is 0 Å². The molecule has 0 aliphatic rings. The molecule has 0 heterocycles. The highest BCUT2D eigenvalue weighted by Crippen LogP contribution is 2.24. The minimum atomic E-state index is 0.762. The average molecular weight is 371 g/mol. The lowest BCUT2D eigenvalue weighted by atomic mass is 10.1. The lowest BCUT2D eigenvalue weighted by Crippen LogP contribution is -1.97. The van der Waals surface area contributed by atoms with Gasteiger partial charge in [-0.1, -0.05) is 94.0 Å². The first-order chi connectivity index (χ1) is 12.7. The molecule has 0 atom stereocenters. The predicted molar refractivity (Wildman–Crippen MR) is 115 cm³/mol. The minimum absolute atomic E-state index is 0.762. The summed E-state index contributed by atoms with van der Waals surface area (Å²) in [5, 5.41) is 0.762. The first-order valence-corrected chi connectivity index (χ1v) is 10.3. The number of hydrogen-bond donors (Lipinski definition) is 0. The topological polar surface area (TPSA) is 9.23 Å². The van der Waals surface area contributed by atoms with Crippen LogP contribution in [0, 0.1) is 0 Å². The van der Waals surface area contributed by atoms with Crippen LogP contribution in [0.2, 0.25) is 0 Å². The first-order valence-electron chi connectivity index (χ1n) is 9.92. The van der Waals surface area contributed by atoms with Crippen LogP contribution in [0.3, 0.4) is 0 Å². The smallest absolute Gasteiger partial charge is 0.119 e. The van der Waals surface area contributed by atoms with Crippen LogP contribution in [-0.2, 0) is 6.42 Å². The third-order valence-corrected chi connectivity index (χ3v) is 4.79. The molecule has 0 unspecified atom stereocenters. The van der Waals surface area contributed by atoms with Crippen LogP contribution < -0.4 is 4.74 Å². The van der Waals surface area contributed by atoms with Crippen LogP contribution in [0.25, 0.3) is 11.1 Å². The Labute approximate surface area is 164 Å². The molecule has 1 nitrogen and oxygen atoms in total. The molecule has 140 valence electrons. The minimum Gasteiger partial charge on any atom is -0.494 e. The van der Waals surface area contributed by atoms with Crippen LogP contribution >= 0.6 is 11.6 Å². The molecule has 0 amide bonds. The molecule has 2 aromatic rings. The summed E-state index contributed by atoms with van der Waals surface area (Å²) in [5.74, 6) is 0.928. The Balaban J connectivity index is 1.85. The Hall–Kier alpha value is -1.73. The largest absolute Gasteiger partial charge is 0.494 e. The van der Waals surface area contributed by atoms with Crippen molar-refractivity contribution < 1.29 is 4.74 Å². The van der Waals surface area contributed by atoms with Crippen molar-refractivity contribution in [3.8, 4) is 5.75 Å². The number of benzene rings is 2. The Morgan fingerprint density at radius 3 is 2.19 bits per heavy atom. The van der Waals surface area contributed by atoms with Crippen LogP contribution in [0.4, 0.5) is 0 Å². The predicted octanol–water partition coefficient (Wildman–Crippen LogP) is 7.73. The van der Waals surface area contributed by atoms with Crippen LogP contribution in [-0.4, -0.2) is 6.61 Å². The number of hydrogen-bond acceptors (Lipinski definition) is 1. The van der Waals surface area contributed by atoms with Crippen molar-refractivity contribution in [3.05, 3.63) is 65.2 Å². The van der Waals surface area contributed by atoms with E-state index in [-0.39, 0.29) is 0 Å². The van der Waals surface area contributed by atoms with Gasteiger partial charge in [0, 0.05) is 5.03 Å². The zero-order chi connectivity index (χ0) is 18.6. The Morgan fingerprint density at radius 1 is 0.846 bits per heavy atom. The summed E-state index contributed by atoms with van der Waals surface area (Å²) in [7, 11) is 0. The maximum atomic E-state index is 6.48. The Kier molecular flexibility index (Phi) is 9.34. The molecule has 2 aromatic carbocycles. The van der Waals surface area contributed by atoms with Gasteiger partial charge in [-0.2, -0.15) is 0 Å². The molecule has 0 radical (unpaired) electrons. The molecule has 0 aromatic heterocycles. The van der Waals surface area contributed by atoms with Gasteiger partial charge in [-0.15, -0.1) is 0 Å². The zero-order valence-corrected chi connectivity index (χ0v) is 16.9. The lowest BCUT2D eigenvalue weighted by molar-refractivity contribution is 0.304. The summed E-state index contributed by atoms with van der Waals surface area (Å²) in [4.78, 5) is 0. The van der Waals surface area contributed by atoms with E-state index in [4.69, 9.17) is 16.3 Å². The van der Waals surface area contributed by atoms with Gasteiger partial charge in [-0.25, -0.2) is 0 Å². The van der Waals surface area contributed by atoms with Gasteiger partial charge in [0.1, 0.15) is 5.75 Å². The zero-order valence-electron chi connectivity index (χ0n) is 16.1. The fraction of sp³-hybridized carbons (Fsp3) is 0.417. The van der Waals surface area contributed by atoms with Gasteiger partial charge in [-0.05, 0) is 47.7 Å². The van der Waals surface area contributed by atoms with Gasteiger partial charge in [0.05, 0.1) is 6.61 Å². The van der Waals surface area contributed by atoms with Gasteiger partial charge in [0.25, 0.3) is 0 Å². The van der Waals surface area contributed by atoms with E-state index in [0.717, 1.165) is 47.8 Å². The third kappa shape index (κ3) is 7.25. The number of unbranched alkanes of at least 4 members (excludes halogenated alkanes) is 4. The van der Waals surface area contributed by atoms with Crippen LogP contribution in [0.5, 0.6) is 5.75 Å². The first kappa shape index (κ1) is 20.6. The molecule has 0 N–H and O–H groups in total. The lowest BCUT2D eigenvalue weighted by Gasteiger charge is -2.07. The highest BCUT2D eigenvalue weighted by atomic mass is 35.5. The summed E-state index contributed by atoms with van der Waals surface area (Å²) in [5.41, 5.74) is 3.50. The summed E-state index contributed by atoms with van der Waals surface area (Å²) in [6.07, 6.45) is 10.6. The number of halogens is 1. The Bertz CT molecular complexity index is 656. The summed E-state index contributed by atoms with van der Waals surface area (Å²) >= 11 is 6.48. The standard InChI is InChI=1S/C24H31ClO/c1-3-5-6-7-8-18-26-23-16-12-21(13-17-23)19-24(25)22-14-10-20(9-4-2)11-15-22/h10-17,19H,3-9,18H2,1-2H3/b24-19-. The van der Waals surface area contributed by atoms with Crippen molar-refractivity contribution in [2.75, 3.05) is 6.61 Å². The van der Waals surface area contributed by atoms with Crippen molar-refractivity contribution >= 4 is 22.7 Å². The molecule has 2 heteroatoms. The van der Waals surface area contributed by atoms with Crippen molar-refractivity contribution in [3.63, 3.8) is 0 Å². The summed E-state index contributed by atoms with van der Waals surface area (Å²) < 4.78 is 5.81. The monoisotopic (exact) mass is 370 g/mol. The molecule has 0 spiro atoms. The highest BCUT2D eigenvalue weighted by molar-refractivity contribution is 6.51. The number of rotatable bonds is 11. The van der Waals surface area contributed by atoms with Gasteiger partial charge in [0.15, 0.2) is 0 Å². The highest BCUT2D eigenvalue weighted by Gasteiger charge is 2.00. The van der Waals surface area contributed by atoms with E-state index in [2.05, 4.69) is 50.2 Å². The number of aryl methyl sites for hydroxylation is 1. The molecule has 0 saturated heterocycles. The molecule has 0 aliphatic carbocycles. The second-order valence-corrected chi connectivity index (χ2v) is 7.18. The number of ether oxygens (including phenoxy) is 1. The second kappa shape index (κ2) is 11.8. The van der Waals surface area contributed by atoms with E-state index in [1.165, 1.54) is 31.2 Å². The maximum Gasteiger partial charge on any atom is 0.119 e. The van der Waals surface area contributed by atoms with Crippen molar-refractivity contribution in [2.45, 2.75) is 58.8 Å².